The maximum absolute atomic E-state index is 8.88. The molecule has 0 aliphatic heterocycles. The van der Waals surface area contributed by atoms with Gasteiger partial charge in [-0.15, -0.1) is 0 Å². The monoisotopic (exact) mass is 235 g/mol. The smallest absolute Gasteiger partial charge is 0 e. The molecule has 1 radical (unpaired) electrons. The molecule has 10 heteroatoms. The molecule has 0 saturated carbocycles. The fourth-order valence-corrected chi connectivity index (χ4v) is 0. The van der Waals surface area contributed by atoms with E-state index in [-0.39, 0.29) is 48.1 Å². The van der Waals surface area contributed by atoms with E-state index in [9.17, 15) is 0 Å². The van der Waals surface area contributed by atoms with Gasteiger partial charge in [-0.1, -0.05) is 0 Å². The molecule has 63 valence electrons. The summed E-state index contributed by atoms with van der Waals surface area (Å²) in [4.78, 5) is 30.1. The molecule has 0 fully saturated rings. The minimum atomic E-state index is -4.64. The van der Waals surface area contributed by atoms with Crippen LogP contribution < -0.4 is 0 Å². The molecule has 0 rings (SSSR count). The molecule has 0 aromatic heterocycles. The van der Waals surface area contributed by atoms with E-state index < -0.39 is 14.0 Å². The Labute approximate surface area is 95.8 Å². The van der Waals surface area contributed by atoms with Crippen LogP contribution in [0, 0.1) is 0 Å². The van der Waals surface area contributed by atoms with Gasteiger partial charge in [0.05, 0.1) is 0 Å². The fraction of sp³-hybridized carbons (Fsp3) is 0. The zero-order valence-corrected chi connectivity index (χ0v) is 6.74. The molecule has 11 heavy (non-hydrogen) atoms. The zero-order chi connectivity index (χ0) is 8.08. The van der Waals surface area contributed by atoms with Crippen LogP contribution in [-0.2, 0) is 23.1 Å². The van der Waals surface area contributed by atoms with Crippen molar-refractivity contribution in [2.45, 2.75) is 0 Å². The van der Waals surface area contributed by atoms with Gasteiger partial charge in [0.15, 0.2) is 0 Å². The SMILES string of the molecule is O=C(O)O.O=P(O)(O)O.[NaH].[V]. The van der Waals surface area contributed by atoms with Gasteiger partial charge >= 0.3 is 43.5 Å². The van der Waals surface area contributed by atoms with Gasteiger partial charge in [-0.05, 0) is 0 Å². The maximum atomic E-state index is 8.88. The fourth-order valence-electron chi connectivity index (χ4n) is 0. The number of hydrogen-bond donors (Lipinski definition) is 5. The standard InChI is InChI=1S/CH2O3.Na.H3O4P.V.H/c2-1(3)4;;1-5(2,3)4;;/h(H2,2,3,4);;(H3,1,2,3,4);;. The van der Waals surface area contributed by atoms with Gasteiger partial charge in [0.1, 0.15) is 0 Å². The van der Waals surface area contributed by atoms with Crippen LogP contribution in [0.1, 0.15) is 0 Å². The molecule has 0 spiro atoms. The van der Waals surface area contributed by atoms with Crippen LogP contribution >= 0.6 is 7.82 Å². The van der Waals surface area contributed by atoms with E-state index in [1.807, 2.05) is 0 Å². The zero-order valence-electron chi connectivity index (χ0n) is 4.45. The molecule has 0 aromatic carbocycles. The second kappa shape index (κ2) is 11.0. The number of carbonyl (C=O) groups is 1. The van der Waals surface area contributed by atoms with Gasteiger partial charge in [-0.2, -0.15) is 0 Å². The predicted molar refractivity (Wildman–Crippen MR) is 32.1 cm³/mol. The van der Waals surface area contributed by atoms with Gasteiger partial charge in [0.25, 0.3) is 0 Å². The molecule has 0 aliphatic rings. The van der Waals surface area contributed by atoms with E-state index >= 15 is 0 Å². The average molecular weight is 235 g/mol. The summed E-state index contributed by atoms with van der Waals surface area (Å²) in [6.45, 7) is 0. The van der Waals surface area contributed by atoms with Crippen LogP contribution in [0.3, 0.4) is 0 Å². The first-order chi connectivity index (χ1) is 3.73. The first-order valence-corrected chi connectivity index (χ1v) is 3.00. The largest absolute Gasteiger partial charge is 0 e. The third kappa shape index (κ3) is 947. The van der Waals surface area contributed by atoms with Crippen LogP contribution in [0.25, 0.3) is 0 Å². The molecule has 0 aliphatic carbocycles. The second-order valence-electron chi connectivity index (χ2n) is 0.796. The summed E-state index contributed by atoms with van der Waals surface area (Å²) in [5.74, 6) is 0. The number of rotatable bonds is 0. The van der Waals surface area contributed by atoms with Gasteiger partial charge in [-0.3, -0.25) is 0 Å². The summed E-state index contributed by atoms with van der Waals surface area (Å²) in [5, 5.41) is 13.9. The molecule has 5 N–H and O–H groups in total. The van der Waals surface area contributed by atoms with Gasteiger partial charge in [-0.25, -0.2) is 9.36 Å². The quantitative estimate of drug-likeness (QED) is 0.258. The van der Waals surface area contributed by atoms with Crippen LogP contribution in [0.2, 0.25) is 0 Å². The van der Waals surface area contributed by atoms with Crippen molar-refractivity contribution in [2.75, 3.05) is 0 Å². The van der Waals surface area contributed by atoms with E-state index in [0.29, 0.717) is 0 Å². The Morgan fingerprint density at radius 2 is 1.09 bits per heavy atom. The Morgan fingerprint density at radius 3 is 1.09 bits per heavy atom. The molecule has 0 unspecified atom stereocenters. The van der Waals surface area contributed by atoms with Crippen molar-refractivity contribution in [3.63, 3.8) is 0 Å². The minimum absolute atomic E-state index is 0. The van der Waals surface area contributed by atoms with E-state index in [0.717, 1.165) is 0 Å². The van der Waals surface area contributed by atoms with Gasteiger partial charge < -0.3 is 24.9 Å². The first-order valence-electron chi connectivity index (χ1n) is 1.43. The summed E-state index contributed by atoms with van der Waals surface area (Å²) < 4.78 is 8.88. The molecule has 0 bridgehead atoms. The Hall–Kier alpha value is 0.964. The topological polar surface area (TPSA) is 135 Å². The van der Waals surface area contributed by atoms with E-state index in [2.05, 4.69) is 0 Å². The Bertz CT molecular complexity index is 118. The molecule has 7 nitrogen and oxygen atoms in total. The minimum Gasteiger partial charge on any atom is 0 e. The van der Waals surface area contributed by atoms with E-state index in [4.69, 9.17) is 34.3 Å². The van der Waals surface area contributed by atoms with Crippen molar-refractivity contribution in [3.8, 4) is 0 Å². The Balaban J connectivity index is -0.0000000383. The summed E-state index contributed by atoms with van der Waals surface area (Å²) in [6, 6.07) is 0. The second-order valence-corrected chi connectivity index (χ2v) is 1.82. The van der Waals surface area contributed by atoms with Crippen molar-refractivity contribution < 1.29 is 52.8 Å². The number of phosphoric acid groups is 1. The number of hydrogen-bond acceptors (Lipinski definition) is 2. The molecule has 0 amide bonds. The third-order valence-electron chi connectivity index (χ3n) is 0. The molecule has 0 aromatic rings. The summed E-state index contributed by atoms with van der Waals surface area (Å²) >= 11 is 0. The van der Waals surface area contributed by atoms with E-state index in [1.54, 1.807) is 0 Å². The molecule has 0 saturated heterocycles. The van der Waals surface area contributed by atoms with Crippen LogP contribution in [0.4, 0.5) is 4.79 Å². The summed E-state index contributed by atoms with van der Waals surface area (Å²) in [5.41, 5.74) is 0. The van der Waals surface area contributed by atoms with E-state index in [1.165, 1.54) is 0 Å². The van der Waals surface area contributed by atoms with Crippen molar-refractivity contribution in [2.24, 2.45) is 0 Å². The van der Waals surface area contributed by atoms with Crippen molar-refractivity contribution in [3.05, 3.63) is 0 Å². The summed E-state index contributed by atoms with van der Waals surface area (Å²) in [6.07, 6.45) is -1.83. The summed E-state index contributed by atoms with van der Waals surface area (Å²) in [7, 11) is -4.64. The molecule has 0 atom stereocenters. The van der Waals surface area contributed by atoms with Crippen molar-refractivity contribution in [1.29, 1.82) is 0 Å². The predicted octanol–water partition coefficient (Wildman–Crippen LogP) is -1.36. The van der Waals surface area contributed by atoms with Gasteiger partial charge in [0.2, 0.25) is 0 Å². The Kier molecular flexibility index (Phi) is 22.6. The Morgan fingerprint density at radius 1 is 1.09 bits per heavy atom. The average Bonchev–Trinajstić information content (AvgIpc) is 1.19. The number of carboxylic acid groups (broad SMARTS) is 2. The van der Waals surface area contributed by atoms with Gasteiger partial charge in [0, 0.05) is 18.6 Å². The first kappa shape index (κ1) is 22.7. The molecular weight excluding hydrogens is 229 g/mol. The van der Waals surface area contributed by atoms with Crippen LogP contribution in [-0.4, -0.2) is 60.6 Å². The third-order valence-corrected chi connectivity index (χ3v) is 0. The maximum Gasteiger partial charge on any atom is 0 e. The van der Waals surface area contributed by atoms with Crippen LogP contribution in [0.5, 0.6) is 0 Å². The molecular formula is CH6NaO7PV. The van der Waals surface area contributed by atoms with Crippen LogP contribution in [0.15, 0.2) is 0 Å². The van der Waals surface area contributed by atoms with Crippen molar-refractivity contribution >= 4 is 43.5 Å². The molecule has 0 heterocycles. The van der Waals surface area contributed by atoms with Crippen molar-refractivity contribution in [1.82, 2.24) is 0 Å². The normalized spacial score (nSPS) is 7.55.